The molecule has 0 amide bonds. The van der Waals surface area contributed by atoms with Gasteiger partial charge in [0.05, 0.1) is 0 Å². The number of anilines is 1. The van der Waals surface area contributed by atoms with Gasteiger partial charge in [-0.3, -0.25) is 4.98 Å². The van der Waals surface area contributed by atoms with Crippen LogP contribution in [-0.2, 0) is 11.3 Å². The van der Waals surface area contributed by atoms with Gasteiger partial charge in [0.15, 0.2) is 0 Å². The van der Waals surface area contributed by atoms with Crippen LogP contribution in [0.15, 0.2) is 47.1 Å². The van der Waals surface area contributed by atoms with E-state index < -0.39 is 0 Å². The molecule has 6 nitrogen and oxygen atoms in total. The molecule has 25 heavy (non-hydrogen) atoms. The van der Waals surface area contributed by atoms with E-state index >= 15 is 0 Å². The van der Waals surface area contributed by atoms with E-state index in [2.05, 4.69) is 20.5 Å². The molecule has 0 saturated carbocycles. The maximum Gasteiger partial charge on any atom is 0.315 e. The van der Waals surface area contributed by atoms with E-state index in [9.17, 15) is 4.39 Å². The molecule has 1 aliphatic heterocycles. The molecule has 1 atom stereocenters. The summed E-state index contributed by atoms with van der Waals surface area (Å²) in [5.41, 5.74) is 2.25. The second-order valence-corrected chi connectivity index (χ2v) is 5.84. The van der Waals surface area contributed by atoms with Crippen LogP contribution >= 0.6 is 0 Å². The molecule has 7 heteroatoms. The first-order valence-corrected chi connectivity index (χ1v) is 8.17. The molecular weight excluding hydrogens is 323 g/mol. The van der Waals surface area contributed by atoms with E-state index in [0.29, 0.717) is 18.1 Å². The van der Waals surface area contributed by atoms with E-state index in [1.165, 1.54) is 6.07 Å². The number of pyridine rings is 1. The van der Waals surface area contributed by atoms with E-state index in [1.807, 2.05) is 18.2 Å². The standard InChI is InChI=1S/C18H17FN4O2/c19-15-10-13(12-5-7-20-8-6-12)3-4-14(15)11-21-18-23-22-17(25-18)16-2-1-9-24-16/h3-8,10,16H,1-2,9,11H2,(H,21,23). The van der Waals surface area contributed by atoms with Crippen LogP contribution in [0.1, 0.15) is 30.4 Å². The predicted molar refractivity (Wildman–Crippen MR) is 89.2 cm³/mol. The summed E-state index contributed by atoms with van der Waals surface area (Å²) in [6, 6.07) is 9.09. The van der Waals surface area contributed by atoms with Gasteiger partial charge in [0.25, 0.3) is 0 Å². The highest BCUT2D eigenvalue weighted by Crippen LogP contribution is 2.28. The zero-order chi connectivity index (χ0) is 17.1. The van der Waals surface area contributed by atoms with Crippen LogP contribution in [0, 0.1) is 5.82 Å². The van der Waals surface area contributed by atoms with Gasteiger partial charge >= 0.3 is 6.01 Å². The van der Waals surface area contributed by atoms with E-state index in [1.54, 1.807) is 18.5 Å². The SMILES string of the molecule is Fc1cc(-c2ccncc2)ccc1CNc1nnc(C2CCCO2)o1. The van der Waals surface area contributed by atoms with Crippen molar-refractivity contribution < 1.29 is 13.5 Å². The topological polar surface area (TPSA) is 73.1 Å². The minimum absolute atomic E-state index is 0.126. The fraction of sp³-hybridized carbons (Fsp3) is 0.278. The molecule has 2 aromatic heterocycles. The molecule has 0 radical (unpaired) electrons. The lowest BCUT2D eigenvalue weighted by Gasteiger charge is -2.07. The summed E-state index contributed by atoms with van der Waals surface area (Å²) in [5.74, 6) is 0.175. The first kappa shape index (κ1) is 15.7. The number of hydrogen-bond donors (Lipinski definition) is 1. The summed E-state index contributed by atoms with van der Waals surface area (Å²) in [6.45, 7) is 0.973. The molecule has 1 saturated heterocycles. The van der Waals surface area contributed by atoms with Crippen LogP contribution in [0.3, 0.4) is 0 Å². The second-order valence-electron chi connectivity index (χ2n) is 5.84. The Hall–Kier alpha value is -2.80. The maximum atomic E-state index is 14.3. The van der Waals surface area contributed by atoms with E-state index in [-0.39, 0.29) is 24.5 Å². The third-order valence-electron chi connectivity index (χ3n) is 4.14. The lowest BCUT2D eigenvalue weighted by molar-refractivity contribution is 0.0897. The van der Waals surface area contributed by atoms with Crippen molar-refractivity contribution in [3.05, 3.63) is 60.0 Å². The first-order chi connectivity index (χ1) is 12.3. The molecule has 3 aromatic rings. The van der Waals surface area contributed by atoms with Gasteiger partial charge in [-0.2, -0.15) is 0 Å². The Labute approximate surface area is 144 Å². The van der Waals surface area contributed by atoms with Crippen molar-refractivity contribution in [2.75, 3.05) is 11.9 Å². The number of ether oxygens (including phenoxy) is 1. The average Bonchev–Trinajstić information content (AvgIpc) is 3.33. The van der Waals surface area contributed by atoms with Crippen LogP contribution in [-0.4, -0.2) is 21.8 Å². The maximum absolute atomic E-state index is 14.3. The van der Waals surface area contributed by atoms with Crippen molar-refractivity contribution in [2.45, 2.75) is 25.5 Å². The van der Waals surface area contributed by atoms with Gasteiger partial charge in [0.2, 0.25) is 5.89 Å². The van der Waals surface area contributed by atoms with E-state index in [0.717, 1.165) is 24.0 Å². The van der Waals surface area contributed by atoms with Crippen LogP contribution in [0.4, 0.5) is 10.4 Å². The summed E-state index contributed by atoms with van der Waals surface area (Å²) < 4.78 is 25.4. The number of rotatable bonds is 5. The van der Waals surface area contributed by atoms with Gasteiger partial charge < -0.3 is 14.5 Å². The summed E-state index contributed by atoms with van der Waals surface area (Å²) in [5, 5.41) is 10.9. The Morgan fingerprint density at radius 2 is 2.00 bits per heavy atom. The largest absolute Gasteiger partial charge is 0.405 e. The van der Waals surface area contributed by atoms with Gasteiger partial charge in [0, 0.05) is 31.1 Å². The molecule has 0 spiro atoms. The molecule has 1 unspecified atom stereocenters. The Bertz CT molecular complexity index is 847. The molecule has 0 aliphatic carbocycles. The second kappa shape index (κ2) is 6.98. The van der Waals surface area contributed by atoms with Crippen LogP contribution in [0.5, 0.6) is 0 Å². The van der Waals surface area contributed by atoms with Crippen molar-refractivity contribution in [1.29, 1.82) is 0 Å². The first-order valence-electron chi connectivity index (χ1n) is 8.17. The number of benzene rings is 1. The van der Waals surface area contributed by atoms with Gasteiger partial charge in [-0.05, 0) is 42.2 Å². The number of nitrogens with one attached hydrogen (secondary N) is 1. The average molecular weight is 340 g/mol. The minimum atomic E-state index is -0.291. The fourth-order valence-corrected chi connectivity index (χ4v) is 2.79. The zero-order valence-corrected chi connectivity index (χ0v) is 13.5. The smallest absolute Gasteiger partial charge is 0.315 e. The van der Waals surface area contributed by atoms with Crippen molar-refractivity contribution in [1.82, 2.24) is 15.2 Å². The molecule has 0 bridgehead atoms. The van der Waals surface area contributed by atoms with Crippen LogP contribution in [0.25, 0.3) is 11.1 Å². The van der Waals surface area contributed by atoms with Crippen LogP contribution in [0.2, 0.25) is 0 Å². The lowest BCUT2D eigenvalue weighted by atomic mass is 10.0. The third-order valence-corrected chi connectivity index (χ3v) is 4.14. The Balaban J connectivity index is 1.43. The van der Waals surface area contributed by atoms with Crippen molar-refractivity contribution in [3.63, 3.8) is 0 Å². The van der Waals surface area contributed by atoms with Crippen molar-refractivity contribution in [3.8, 4) is 11.1 Å². The molecule has 4 rings (SSSR count). The van der Waals surface area contributed by atoms with Crippen LogP contribution < -0.4 is 5.32 Å². The van der Waals surface area contributed by atoms with Crippen molar-refractivity contribution in [2.24, 2.45) is 0 Å². The number of hydrogen-bond acceptors (Lipinski definition) is 6. The predicted octanol–water partition coefficient (Wildman–Crippen LogP) is 3.73. The summed E-state index contributed by atoms with van der Waals surface area (Å²) in [6.07, 6.45) is 5.12. The summed E-state index contributed by atoms with van der Waals surface area (Å²) in [7, 11) is 0. The van der Waals surface area contributed by atoms with Gasteiger partial charge in [-0.15, -0.1) is 5.10 Å². The minimum Gasteiger partial charge on any atom is -0.405 e. The molecule has 1 N–H and O–H groups in total. The Kier molecular flexibility index (Phi) is 4.39. The van der Waals surface area contributed by atoms with Crippen molar-refractivity contribution >= 4 is 6.01 Å². The highest BCUT2D eigenvalue weighted by atomic mass is 19.1. The molecule has 128 valence electrons. The molecule has 1 aromatic carbocycles. The number of aromatic nitrogens is 3. The molecule has 1 aliphatic rings. The number of halogens is 1. The number of nitrogens with zero attached hydrogens (tertiary/aromatic N) is 3. The van der Waals surface area contributed by atoms with E-state index in [4.69, 9.17) is 9.15 Å². The highest BCUT2D eigenvalue weighted by Gasteiger charge is 2.23. The normalized spacial score (nSPS) is 16.9. The molecule has 3 heterocycles. The third kappa shape index (κ3) is 3.51. The zero-order valence-electron chi connectivity index (χ0n) is 13.5. The molecule has 1 fully saturated rings. The fourth-order valence-electron chi connectivity index (χ4n) is 2.79. The monoisotopic (exact) mass is 340 g/mol. The molecular formula is C18H17FN4O2. The van der Waals surface area contributed by atoms with Gasteiger partial charge in [-0.1, -0.05) is 17.2 Å². The van der Waals surface area contributed by atoms with Gasteiger partial charge in [0.1, 0.15) is 11.9 Å². The summed E-state index contributed by atoms with van der Waals surface area (Å²) in [4.78, 5) is 3.97. The highest BCUT2D eigenvalue weighted by molar-refractivity contribution is 5.63. The lowest BCUT2D eigenvalue weighted by Crippen LogP contribution is -2.02. The van der Waals surface area contributed by atoms with Gasteiger partial charge in [-0.25, -0.2) is 4.39 Å². The Morgan fingerprint density at radius 3 is 2.76 bits per heavy atom. The quantitative estimate of drug-likeness (QED) is 0.763. The summed E-state index contributed by atoms with van der Waals surface area (Å²) >= 11 is 0. The Morgan fingerprint density at radius 1 is 1.12 bits per heavy atom.